The highest BCUT2D eigenvalue weighted by atomic mass is 16.5. The minimum atomic E-state index is -0.209. The largest absolute Gasteiger partial charge is 0.462 e. The van der Waals surface area contributed by atoms with E-state index in [0.717, 1.165) is 32.0 Å². The summed E-state index contributed by atoms with van der Waals surface area (Å²) in [5.41, 5.74) is 0. The molecule has 41 heavy (non-hydrogen) atoms. The molecule has 0 fully saturated rings. The summed E-state index contributed by atoms with van der Waals surface area (Å²) in [6.07, 6.45) is 42.6. The number of ether oxygens (including phenoxy) is 1. The van der Waals surface area contributed by atoms with Crippen LogP contribution in [0.5, 0.6) is 0 Å². The molecule has 0 aliphatic rings. The normalized spacial score (nSPS) is 12.0. The molecule has 0 heterocycles. The summed E-state index contributed by atoms with van der Waals surface area (Å²) in [7, 11) is 0. The molecule has 0 amide bonds. The number of carbonyl (C=O) groups is 2. The number of aldehydes is 1. The molecule has 0 aromatic heterocycles. The van der Waals surface area contributed by atoms with Crippen LogP contribution in [-0.4, -0.2) is 18.4 Å². The smallest absolute Gasteiger partial charge is 0.306 e. The Hall–Kier alpha value is -0.860. The van der Waals surface area contributed by atoms with Crippen molar-refractivity contribution in [2.45, 2.75) is 232 Å². The molecule has 3 nitrogen and oxygen atoms in total. The van der Waals surface area contributed by atoms with Crippen LogP contribution < -0.4 is 0 Å². The Labute approximate surface area is 258 Å². The van der Waals surface area contributed by atoms with Gasteiger partial charge in [-0.25, -0.2) is 0 Å². The van der Waals surface area contributed by atoms with Crippen molar-refractivity contribution in [3.63, 3.8) is 0 Å². The molecule has 0 spiro atoms. The van der Waals surface area contributed by atoms with Crippen molar-refractivity contribution in [1.82, 2.24) is 0 Å². The van der Waals surface area contributed by atoms with Gasteiger partial charge in [0.25, 0.3) is 0 Å². The Morgan fingerprint density at radius 2 is 0.756 bits per heavy atom. The average molecular weight is 579 g/mol. The van der Waals surface area contributed by atoms with Gasteiger partial charge in [-0.15, -0.1) is 0 Å². The Morgan fingerprint density at radius 3 is 1.07 bits per heavy atom. The van der Waals surface area contributed by atoms with Crippen LogP contribution in [0.15, 0.2) is 0 Å². The third-order valence-electron chi connectivity index (χ3n) is 8.77. The Bertz CT molecular complexity index is 518. The van der Waals surface area contributed by atoms with E-state index in [1.54, 1.807) is 0 Å². The summed E-state index contributed by atoms with van der Waals surface area (Å²) in [5.74, 6) is -0.106. The zero-order valence-electron chi connectivity index (χ0n) is 28.2. The highest BCUT2D eigenvalue weighted by molar-refractivity contribution is 5.69. The zero-order chi connectivity index (χ0) is 29.9. The molecule has 0 rings (SSSR count). The minimum Gasteiger partial charge on any atom is -0.462 e. The maximum absolute atomic E-state index is 12.3. The van der Waals surface area contributed by atoms with Crippen molar-refractivity contribution < 1.29 is 14.3 Å². The van der Waals surface area contributed by atoms with Crippen LogP contribution in [0, 0.1) is 0 Å². The second-order valence-electron chi connectivity index (χ2n) is 13.0. The third kappa shape index (κ3) is 33.5. The van der Waals surface area contributed by atoms with E-state index < -0.39 is 0 Å². The zero-order valence-corrected chi connectivity index (χ0v) is 28.2. The number of rotatable bonds is 35. The molecular formula is C38H74O3. The van der Waals surface area contributed by atoms with Gasteiger partial charge in [0.15, 0.2) is 0 Å². The number of hydrogen-bond acceptors (Lipinski definition) is 3. The molecule has 0 aliphatic heterocycles. The Kier molecular flexibility index (Phi) is 34.6. The predicted molar refractivity (Wildman–Crippen MR) is 180 cm³/mol. The number of carbonyl (C=O) groups excluding carboxylic acids is 2. The van der Waals surface area contributed by atoms with Crippen LogP contribution in [0.4, 0.5) is 0 Å². The van der Waals surface area contributed by atoms with E-state index in [4.69, 9.17) is 4.74 Å². The van der Waals surface area contributed by atoms with Gasteiger partial charge in [0.1, 0.15) is 12.4 Å². The molecule has 0 saturated carbocycles. The number of esters is 1. The Morgan fingerprint density at radius 1 is 0.463 bits per heavy atom. The van der Waals surface area contributed by atoms with Crippen molar-refractivity contribution in [1.29, 1.82) is 0 Å². The number of hydrogen-bond donors (Lipinski definition) is 0. The van der Waals surface area contributed by atoms with E-state index >= 15 is 0 Å². The lowest BCUT2D eigenvalue weighted by Gasteiger charge is -2.15. The average Bonchev–Trinajstić information content (AvgIpc) is 2.97. The maximum Gasteiger partial charge on any atom is 0.306 e. The fourth-order valence-corrected chi connectivity index (χ4v) is 5.96. The van der Waals surface area contributed by atoms with Crippen LogP contribution in [0.3, 0.4) is 0 Å². The first-order chi connectivity index (χ1) is 20.2. The summed E-state index contributed by atoms with van der Waals surface area (Å²) >= 11 is 0. The monoisotopic (exact) mass is 579 g/mol. The summed E-state index contributed by atoms with van der Waals surface area (Å²) in [6, 6.07) is 0. The molecule has 0 N–H and O–H groups in total. The van der Waals surface area contributed by atoms with Crippen LogP contribution in [0.25, 0.3) is 0 Å². The lowest BCUT2D eigenvalue weighted by molar-refractivity contribution is -0.150. The van der Waals surface area contributed by atoms with Gasteiger partial charge in [0, 0.05) is 12.8 Å². The highest BCUT2D eigenvalue weighted by Gasteiger charge is 2.13. The predicted octanol–water partition coefficient (Wildman–Crippen LogP) is 13.0. The van der Waals surface area contributed by atoms with Gasteiger partial charge in [-0.3, -0.25) is 4.79 Å². The summed E-state index contributed by atoms with van der Waals surface area (Å²) in [6.45, 7) is 4.55. The third-order valence-corrected chi connectivity index (χ3v) is 8.77. The van der Waals surface area contributed by atoms with E-state index in [1.165, 1.54) is 173 Å². The van der Waals surface area contributed by atoms with E-state index in [0.29, 0.717) is 12.8 Å². The molecule has 0 aromatic rings. The molecule has 0 aliphatic carbocycles. The summed E-state index contributed by atoms with van der Waals surface area (Å²) < 4.78 is 5.64. The molecule has 0 bridgehead atoms. The van der Waals surface area contributed by atoms with Crippen LogP contribution in [0.2, 0.25) is 0 Å². The molecule has 0 saturated heterocycles. The first kappa shape index (κ1) is 40.1. The van der Waals surface area contributed by atoms with Gasteiger partial charge in [0.05, 0.1) is 0 Å². The first-order valence-corrected chi connectivity index (χ1v) is 18.9. The van der Waals surface area contributed by atoms with E-state index in [9.17, 15) is 9.59 Å². The molecular weight excluding hydrogens is 504 g/mol. The van der Waals surface area contributed by atoms with Crippen LogP contribution >= 0.6 is 0 Å². The second kappa shape index (κ2) is 35.3. The first-order valence-electron chi connectivity index (χ1n) is 18.9. The van der Waals surface area contributed by atoms with Crippen molar-refractivity contribution in [2.75, 3.05) is 0 Å². The lowest BCUT2D eigenvalue weighted by atomic mass is 10.0. The van der Waals surface area contributed by atoms with Gasteiger partial charge >= 0.3 is 5.97 Å². The molecule has 0 aromatic carbocycles. The van der Waals surface area contributed by atoms with Gasteiger partial charge in [-0.1, -0.05) is 194 Å². The molecule has 1 atom stereocenters. The van der Waals surface area contributed by atoms with E-state index in [1.807, 2.05) is 0 Å². The van der Waals surface area contributed by atoms with Crippen molar-refractivity contribution in [3.8, 4) is 0 Å². The van der Waals surface area contributed by atoms with Crippen LogP contribution in [-0.2, 0) is 14.3 Å². The minimum absolute atomic E-state index is 0.106. The topological polar surface area (TPSA) is 43.4 Å². The number of unbranched alkanes of at least 4 members (excludes halogenated alkanes) is 28. The van der Waals surface area contributed by atoms with E-state index in [2.05, 4.69) is 13.8 Å². The second-order valence-corrected chi connectivity index (χ2v) is 13.0. The van der Waals surface area contributed by atoms with Crippen molar-refractivity contribution in [3.05, 3.63) is 0 Å². The Balaban J connectivity index is 3.41. The van der Waals surface area contributed by atoms with Gasteiger partial charge < -0.3 is 9.53 Å². The SMILES string of the molecule is CCCCCCCCCCCCCCCCCCCCCCCC(=O)OC(CC=O)CCCCCCCCCCC. The lowest BCUT2D eigenvalue weighted by Crippen LogP contribution is -2.18. The summed E-state index contributed by atoms with van der Waals surface area (Å²) in [5, 5.41) is 0. The van der Waals surface area contributed by atoms with Crippen molar-refractivity contribution in [2.24, 2.45) is 0 Å². The van der Waals surface area contributed by atoms with Gasteiger partial charge in [-0.2, -0.15) is 0 Å². The molecule has 1 unspecified atom stereocenters. The maximum atomic E-state index is 12.3. The van der Waals surface area contributed by atoms with Gasteiger partial charge in [0.2, 0.25) is 0 Å². The highest BCUT2D eigenvalue weighted by Crippen LogP contribution is 2.17. The molecule has 0 radical (unpaired) electrons. The summed E-state index contributed by atoms with van der Waals surface area (Å²) in [4.78, 5) is 23.3. The standard InChI is InChI=1S/C38H74O3/c1-3-5-7-9-11-13-14-15-16-17-18-19-20-21-22-23-24-26-28-30-32-34-38(40)41-37(35-36-39)33-31-29-27-25-12-10-8-6-4-2/h36-37H,3-35H2,1-2H3. The quantitative estimate of drug-likeness (QED) is 0.0427. The molecule has 244 valence electrons. The molecule has 3 heteroatoms. The van der Waals surface area contributed by atoms with Crippen LogP contribution in [0.1, 0.15) is 226 Å². The van der Waals surface area contributed by atoms with E-state index in [-0.39, 0.29) is 12.1 Å². The fraction of sp³-hybridized carbons (Fsp3) is 0.947. The van der Waals surface area contributed by atoms with Gasteiger partial charge in [-0.05, 0) is 19.3 Å². The fourth-order valence-electron chi connectivity index (χ4n) is 5.96. The van der Waals surface area contributed by atoms with Crippen molar-refractivity contribution >= 4 is 12.3 Å².